The molecule has 0 aromatic heterocycles. The lowest BCUT2D eigenvalue weighted by molar-refractivity contribution is -0.152. The Balaban J connectivity index is 2.68. The molecule has 0 spiro atoms. The van der Waals surface area contributed by atoms with Crippen LogP contribution in [0.5, 0.6) is 0 Å². The number of hydrogen-bond donors (Lipinski definition) is 2. The van der Waals surface area contributed by atoms with E-state index in [1.165, 1.54) is 4.90 Å². The lowest BCUT2D eigenvalue weighted by Gasteiger charge is -2.34. The molecule has 3 N–H and O–H groups in total. The van der Waals surface area contributed by atoms with Crippen LogP contribution >= 0.6 is 0 Å². The van der Waals surface area contributed by atoms with E-state index in [0.29, 0.717) is 13.0 Å². The van der Waals surface area contributed by atoms with Crippen molar-refractivity contribution >= 4 is 11.9 Å². The molecular weight excluding hydrogens is 208 g/mol. The van der Waals surface area contributed by atoms with Gasteiger partial charge in [-0.05, 0) is 33.1 Å². The van der Waals surface area contributed by atoms with E-state index in [0.717, 1.165) is 12.8 Å². The van der Waals surface area contributed by atoms with Crippen LogP contribution in [-0.2, 0) is 9.59 Å². The van der Waals surface area contributed by atoms with Crippen molar-refractivity contribution < 1.29 is 14.7 Å². The second-order valence-corrected chi connectivity index (χ2v) is 5.10. The van der Waals surface area contributed by atoms with Gasteiger partial charge in [-0.25, -0.2) is 4.79 Å². The number of carboxylic acid groups (broad SMARTS) is 1. The molecule has 16 heavy (non-hydrogen) atoms. The van der Waals surface area contributed by atoms with Gasteiger partial charge in [-0.1, -0.05) is 0 Å². The number of aliphatic carboxylic acids is 1. The Bertz CT molecular complexity index is 283. The van der Waals surface area contributed by atoms with Crippen molar-refractivity contribution in [1.82, 2.24) is 4.90 Å². The van der Waals surface area contributed by atoms with Gasteiger partial charge < -0.3 is 15.7 Å². The first-order valence-electron chi connectivity index (χ1n) is 5.62. The third-order valence-electron chi connectivity index (χ3n) is 2.72. The lowest BCUT2D eigenvalue weighted by atomic mass is 9.97. The maximum Gasteiger partial charge on any atom is 0.326 e. The molecule has 1 rings (SSSR count). The zero-order valence-corrected chi connectivity index (χ0v) is 9.90. The molecule has 5 nitrogen and oxygen atoms in total. The topological polar surface area (TPSA) is 83.6 Å². The van der Waals surface area contributed by atoms with Gasteiger partial charge in [0.25, 0.3) is 0 Å². The van der Waals surface area contributed by atoms with E-state index in [1.54, 1.807) is 13.8 Å². The normalized spacial score (nSPS) is 21.9. The fourth-order valence-corrected chi connectivity index (χ4v) is 1.98. The van der Waals surface area contributed by atoms with Gasteiger partial charge in [0.05, 0.1) is 0 Å². The monoisotopic (exact) mass is 228 g/mol. The van der Waals surface area contributed by atoms with Gasteiger partial charge in [-0.15, -0.1) is 0 Å². The van der Waals surface area contributed by atoms with Crippen LogP contribution in [0.4, 0.5) is 0 Å². The quantitative estimate of drug-likeness (QED) is 0.740. The summed E-state index contributed by atoms with van der Waals surface area (Å²) in [6, 6.07) is -0.663. The summed E-state index contributed by atoms with van der Waals surface area (Å²) in [6.45, 7) is 4.07. The highest BCUT2D eigenvalue weighted by Crippen LogP contribution is 2.19. The standard InChI is InChI=1S/C11H20N2O3/c1-11(2,12)7-9(14)13-6-4-3-5-8(13)10(15)16/h8H,3-7,12H2,1-2H3,(H,15,16). The van der Waals surface area contributed by atoms with Gasteiger partial charge in [-0.3, -0.25) is 4.79 Å². The molecule has 5 heteroatoms. The minimum Gasteiger partial charge on any atom is -0.480 e. The van der Waals surface area contributed by atoms with E-state index >= 15 is 0 Å². The molecule has 1 aliphatic heterocycles. The number of nitrogens with two attached hydrogens (primary N) is 1. The van der Waals surface area contributed by atoms with Gasteiger partial charge in [0.1, 0.15) is 6.04 Å². The van der Waals surface area contributed by atoms with Crippen molar-refractivity contribution in [2.75, 3.05) is 6.54 Å². The van der Waals surface area contributed by atoms with E-state index in [9.17, 15) is 9.59 Å². The highest BCUT2D eigenvalue weighted by Gasteiger charge is 2.33. The van der Waals surface area contributed by atoms with Crippen molar-refractivity contribution in [2.24, 2.45) is 5.73 Å². The van der Waals surface area contributed by atoms with E-state index < -0.39 is 17.6 Å². The number of carboxylic acids is 1. The second kappa shape index (κ2) is 4.82. The molecular formula is C11H20N2O3. The lowest BCUT2D eigenvalue weighted by Crippen LogP contribution is -2.50. The molecule has 1 heterocycles. The Labute approximate surface area is 95.6 Å². The molecule has 1 amide bonds. The van der Waals surface area contributed by atoms with Crippen molar-refractivity contribution in [1.29, 1.82) is 0 Å². The van der Waals surface area contributed by atoms with Gasteiger partial charge in [-0.2, -0.15) is 0 Å². The molecule has 0 radical (unpaired) electrons. The van der Waals surface area contributed by atoms with Gasteiger partial charge >= 0.3 is 5.97 Å². The van der Waals surface area contributed by atoms with Gasteiger partial charge in [0, 0.05) is 18.5 Å². The molecule has 1 fully saturated rings. The predicted molar refractivity (Wildman–Crippen MR) is 59.9 cm³/mol. The number of carbonyl (C=O) groups is 2. The molecule has 0 bridgehead atoms. The summed E-state index contributed by atoms with van der Waals surface area (Å²) in [5.74, 6) is -1.07. The first-order chi connectivity index (χ1) is 7.31. The zero-order valence-electron chi connectivity index (χ0n) is 9.90. The predicted octanol–water partition coefficient (Wildman–Crippen LogP) is 0.579. The fourth-order valence-electron chi connectivity index (χ4n) is 1.98. The maximum atomic E-state index is 11.9. The molecule has 1 aliphatic rings. The highest BCUT2D eigenvalue weighted by molar-refractivity contribution is 5.84. The SMILES string of the molecule is CC(C)(N)CC(=O)N1CCCCC1C(=O)O. The van der Waals surface area contributed by atoms with E-state index in [-0.39, 0.29) is 12.3 Å². The van der Waals surface area contributed by atoms with Crippen LogP contribution in [0.25, 0.3) is 0 Å². The Morgan fingerprint density at radius 1 is 1.44 bits per heavy atom. The summed E-state index contributed by atoms with van der Waals surface area (Å²) in [7, 11) is 0. The first kappa shape index (κ1) is 13.0. The van der Waals surface area contributed by atoms with Crippen LogP contribution in [0.2, 0.25) is 0 Å². The maximum absolute atomic E-state index is 11.9. The molecule has 0 aromatic rings. The number of likely N-dealkylation sites (tertiary alicyclic amines) is 1. The van der Waals surface area contributed by atoms with Gasteiger partial charge in [0.15, 0.2) is 0 Å². The third kappa shape index (κ3) is 3.48. The van der Waals surface area contributed by atoms with Crippen molar-refractivity contribution in [2.45, 2.75) is 51.1 Å². The average Bonchev–Trinajstić information content (AvgIpc) is 2.15. The van der Waals surface area contributed by atoms with E-state index in [4.69, 9.17) is 10.8 Å². The zero-order chi connectivity index (χ0) is 12.3. The van der Waals surface area contributed by atoms with Crippen LogP contribution in [-0.4, -0.2) is 40.0 Å². The molecule has 0 aliphatic carbocycles. The summed E-state index contributed by atoms with van der Waals surface area (Å²) >= 11 is 0. The number of amides is 1. The van der Waals surface area contributed by atoms with Crippen LogP contribution in [0.15, 0.2) is 0 Å². The van der Waals surface area contributed by atoms with Crippen LogP contribution in [0, 0.1) is 0 Å². The number of nitrogens with zero attached hydrogens (tertiary/aromatic N) is 1. The number of piperidine rings is 1. The summed E-state index contributed by atoms with van der Waals surface area (Å²) < 4.78 is 0. The van der Waals surface area contributed by atoms with Gasteiger partial charge in [0.2, 0.25) is 5.91 Å². The van der Waals surface area contributed by atoms with Crippen molar-refractivity contribution in [3.8, 4) is 0 Å². The van der Waals surface area contributed by atoms with Crippen LogP contribution in [0.1, 0.15) is 39.5 Å². The Morgan fingerprint density at radius 3 is 2.56 bits per heavy atom. The van der Waals surface area contributed by atoms with E-state index in [1.807, 2.05) is 0 Å². The fraction of sp³-hybridized carbons (Fsp3) is 0.818. The van der Waals surface area contributed by atoms with Crippen LogP contribution < -0.4 is 5.73 Å². The summed E-state index contributed by atoms with van der Waals surface area (Å²) in [5.41, 5.74) is 5.18. The van der Waals surface area contributed by atoms with Crippen molar-refractivity contribution in [3.63, 3.8) is 0 Å². The Hall–Kier alpha value is -1.10. The Kier molecular flexibility index (Phi) is 3.91. The van der Waals surface area contributed by atoms with Crippen molar-refractivity contribution in [3.05, 3.63) is 0 Å². The van der Waals surface area contributed by atoms with E-state index in [2.05, 4.69) is 0 Å². The molecule has 1 unspecified atom stereocenters. The molecule has 1 atom stereocenters. The number of hydrogen-bond acceptors (Lipinski definition) is 3. The summed E-state index contributed by atoms with van der Waals surface area (Å²) in [6.07, 6.45) is 2.48. The number of carbonyl (C=O) groups excluding carboxylic acids is 1. The molecule has 0 saturated carbocycles. The second-order valence-electron chi connectivity index (χ2n) is 5.10. The molecule has 0 aromatic carbocycles. The number of rotatable bonds is 3. The minimum atomic E-state index is -0.914. The summed E-state index contributed by atoms with van der Waals surface area (Å²) in [4.78, 5) is 24.4. The highest BCUT2D eigenvalue weighted by atomic mass is 16.4. The smallest absolute Gasteiger partial charge is 0.326 e. The average molecular weight is 228 g/mol. The largest absolute Gasteiger partial charge is 0.480 e. The first-order valence-corrected chi connectivity index (χ1v) is 5.62. The minimum absolute atomic E-state index is 0.153. The Morgan fingerprint density at radius 2 is 2.06 bits per heavy atom. The summed E-state index contributed by atoms with van der Waals surface area (Å²) in [5, 5.41) is 9.03. The van der Waals surface area contributed by atoms with Crippen LogP contribution in [0.3, 0.4) is 0 Å². The molecule has 92 valence electrons. The third-order valence-corrected chi connectivity index (χ3v) is 2.72. The molecule has 1 saturated heterocycles.